The summed E-state index contributed by atoms with van der Waals surface area (Å²) in [6.07, 6.45) is 6.70. The highest BCUT2D eigenvalue weighted by molar-refractivity contribution is 4.98. The van der Waals surface area contributed by atoms with Gasteiger partial charge in [0.2, 0.25) is 5.69 Å². The number of pyridine rings is 1. The Bertz CT molecular complexity index is 384. The van der Waals surface area contributed by atoms with Crippen molar-refractivity contribution in [3.05, 3.63) is 54.0 Å². The number of hydrogen-bond donors (Lipinski definition) is 0. The standard InChI is InChI=1S/C9H9N3O/c13-12-5-2-1-3-9(12)7-11-6-4-10-8-11/h1-6,8H,7H2. The van der Waals surface area contributed by atoms with Crippen LogP contribution in [0.25, 0.3) is 0 Å². The van der Waals surface area contributed by atoms with E-state index in [9.17, 15) is 5.21 Å². The molecular formula is C9H9N3O. The van der Waals surface area contributed by atoms with E-state index >= 15 is 0 Å². The summed E-state index contributed by atoms with van der Waals surface area (Å²) in [5, 5.41) is 11.2. The lowest BCUT2D eigenvalue weighted by Gasteiger charge is -2.03. The average Bonchev–Trinajstić information content (AvgIpc) is 2.61. The largest absolute Gasteiger partial charge is 0.618 e. The molecule has 0 saturated heterocycles. The molecule has 0 aliphatic rings. The van der Waals surface area contributed by atoms with Crippen LogP contribution in [-0.4, -0.2) is 9.55 Å². The zero-order valence-corrected chi connectivity index (χ0v) is 7.00. The van der Waals surface area contributed by atoms with Crippen LogP contribution in [-0.2, 0) is 6.54 Å². The summed E-state index contributed by atoms with van der Waals surface area (Å²) in [5.41, 5.74) is 0.709. The highest BCUT2D eigenvalue weighted by atomic mass is 16.5. The summed E-state index contributed by atoms with van der Waals surface area (Å²) < 4.78 is 2.71. The molecule has 2 rings (SSSR count). The van der Waals surface area contributed by atoms with Crippen molar-refractivity contribution >= 4 is 0 Å². The average molecular weight is 175 g/mol. The van der Waals surface area contributed by atoms with Gasteiger partial charge in [-0.2, -0.15) is 4.73 Å². The number of imidazole rings is 1. The fourth-order valence-corrected chi connectivity index (χ4v) is 1.15. The second kappa shape index (κ2) is 3.26. The van der Waals surface area contributed by atoms with Crippen molar-refractivity contribution in [1.29, 1.82) is 0 Å². The molecular weight excluding hydrogens is 166 g/mol. The van der Waals surface area contributed by atoms with E-state index in [-0.39, 0.29) is 0 Å². The summed E-state index contributed by atoms with van der Waals surface area (Å²) >= 11 is 0. The van der Waals surface area contributed by atoms with Crippen molar-refractivity contribution < 1.29 is 4.73 Å². The van der Waals surface area contributed by atoms with Gasteiger partial charge in [0, 0.05) is 24.5 Å². The molecule has 0 aliphatic carbocycles. The molecule has 13 heavy (non-hydrogen) atoms. The van der Waals surface area contributed by atoms with Gasteiger partial charge in [0.1, 0.15) is 6.54 Å². The van der Waals surface area contributed by atoms with Crippen molar-refractivity contribution in [2.24, 2.45) is 0 Å². The molecule has 0 saturated carbocycles. The molecule has 0 aromatic carbocycles. The number of aromatic nitrogens is 3. The minimum atomic E-state index is 0.560. The highest BCUT2D eigenvalue weighted by Crippen LogP contribution is 1.95. The Labute approximate surface area is 75.7 Å². The Hall–Kier alpha value is -1.84. The van der Waals surface area contributed by atoms with Gasteiger partial charge in [-0.05, 0) is 6.07 Å². The van der Waals surface area contributed by atoms with E-state index in [0.29, 0.717) is 12.2 Å². The number of hydrogen-bond acceptors (Lipinski definition) is 2. The van der Waals surface area contributed by atoms with Gasteiger partial charge in [0.15, 0.2) is 6.20 Å². The van der Waals surface area contributed by atoms with Crippen LogP contribution in [0.4, 0.5) is 0 Å². The Balaban J connectivity index is 2.24. The highest BCUT2D eigenvalue weighted by Gasteiger charge is 2.02. The predicted octanol–water partition coefficient (Wildman–Crippen LogP) is 0.565. The van der Waals surface area contributed by atoms with Crippen LogP contribution in [0.2, 0.25) is 0 Å². The first kappa shape index (κ1) is 7.79. The maximum absolute atomic E-state index is 11.2. The fourth-order valence-electron chi connectivity index (χ4n) is 1.15. The second-order valence-corrected chi connectivity index (χ2v) is 2.75. The van der Waals surface area contributed by atoms with E-state index in [1.165, 1.54) is 6.20 Å². The molecule has 0 aliphatic heterocycles. The molecule has 2 aromatic rings. The molecule has 0 amide bonds. The molecule has 0 bridgehead atoms. The first-order chi connectivity index (χ1) is 6.36. The minimum Gasteiger partial charge on any atom is -0.618 e. The van der Waals surface area contributed by atoms with Gasteiger partial charge in [0.05, 0.1) is 6.33 Å². The lowest BCUT2D eigenvalue weighted by Crippen LogP contribution is -2.31. The zero-order valence-electron chi connectivity index (χ0n) is 7.00. The SMILES string of the molecule is [O-][n+]1ccccc1Cn1ccnc1. The molecule has 2 aromatic heterocycles. The van der Waals surface area contributed by atoms with E-state index in [1.807, 2.05) is 16.8 Å². The smallest absolute Gasteiger partial charge is 0.212 e. The molecule has 0 spiro atoms. The molecule has 0 unspecified atom stereocenters. The zero-order chi connectivity index (χ0) is 9.10. The van der Waals surface area contributed by atoms with Crippen LogP contribution in [0.5, 0.6) is 0 Å². The van der Waals surface area contributed by atoms with Gasteiger partial charge >= 0.3 is 0 Å². The third kappa shape index (κ3) is 1.66. The Morgan fingerprint density at radius 2 is 2.38 bits per heavy atom. The molecule has 0 atom stereocenters. The van der Waals surface area contributed by atoms with Gasteiger partial charge in [-0.3, -0.25) is 0 Å². The second-order valence-electron chi connectivity index (χ2n) is 2.75. The van der Waals surface area contributed by atoms with Gasteiger partial charge < -0.3 is 9.77 Å². The van der Waals surface area contributed by atoms with Crippen LogP contribution in [0.15, 0.2) is 43.1 Å². The van der Waals surface area contributed by atoms with E-state index in [0.717, 1.165) is 4.73 Å². The van der Waals surface area contributed by atoms with Gasteiger partial charge in [-0.25, -0.2) is 4.98 Å². The Morgan fingerprint density at radius 3 is 3.08 bits per heavy atom. The molecule has 4 heteroatoms. The molecule has 66 valence electrons. The summed E-state index contributed by atoms with van der Waals surface area (Å²) in [6, 6.07) is 5.36. The van der Waals surface area contributed by atoms with Gasteiger partial charge in [0.25, 0.3) is 0 Å². The summed E-state index contributed by atoms with van der Waals surface area (Å²) in [4.78, 5) is 3.90. The predicted molar refractivity (Wildman–Crippen MR) is 46.7 cm³/mol. The lowest BCUT2D eigenvalue weighted by molar-refractivity contribution is -0.614. The number of nitrogens with zero attached hydrogens (tertiary/aromatic N) is 3. The van der Waals surface area contributed by atoms with E-state index < -0.39 is 0 Å². The summed E-state index contributed by atoms with van der Waals surface area (Å²) in [7, 11) is 0. The topological polar surface area (TPSA) is 44.8 Å². The van der Waals surface area contributed by atoms with Crippen molar-refractivity contribution in [3.63, 3.8) is 0 Å². The Kier molecular flexibility index (Phi) is 1.96. The van der Waals surface area contributed by atoms with Crippen LogP contribution in [0.1, 0.15) is 5.69 Å². The molecule has 0 radical (unpaired) electrons. The normalized spacial score (nSPS) is 10.2. The van der Waals surface area contributed by atoms with Gasteiger partial charge in [-0.15, -0.1) is 0 Å². The lowest BCUT2D eigenvalue weighted by atomic mass is 10.3. The van der Waals surface area contributed by atoms with Crippen molar-refractivity contribution in [2.75, 3.05) is 0 Å². The van der Waals surface area contributed by atoms with Crippen molar-refractivity contribution in [2.45, 2.75) is 6.54 Å². The fraction of sp³-hybridized carbons (Fsp3) is 0.111. The Morgan fingerprint density at radius 1 is 1.46 bits per heavy atom. The van der Waals surface area contributed by atoms with Crippen molar-refractivity contribution in [1.82, 2.24) is 9.55 Å². The van der Waals surface area contributed by atoms with Crippen LogP contribution >= 0.6 is 0 Å². The molecule has 2 heterocycles. The van der Waals surface area contributed by atoms with E-state index in [2.05, 4.69) is 4.98 Å². The third-order valence-corrected chi connectivity index (χ3v) is 1.81. The number of rotatable bonds is 2. The van der Waals surface area contributed by atoms with E-state index in [1.54, 1.807) is 24.7 Å². The summed E-state index contributed by atoms with van der Waals surface area (Å²) in [6.45, 7) is 0.560. The van der Waals surface area contributed by atoms with Crippen LogP contribution < -0.4 is 4.73 Å². The first-order valence-corrected chi connectivity index (χ1v) is 3.99. The van der Waals surface area contributed by atoms with Gasteiger partial charge in [-0.1, -0.05) is 0 Å². The van der Waals surface area contributed by atoms with Crippen LogP contribution in [0.3, 0.4) is 0 Å². The third-order valence-electron chi connectivity index (χ3n) is 1.81. The first-order valence-electron chi connectivity index (χ1n) is 3.99. The monoisotopic (exact) mass is 175 g/mol. The molecule has 4 nitrogen and oxygen atoms in total. The maximum atomic E-state index is 11.2. The van der Waals surface area contributed by atoms with E-state index in [4.69, 9.17) is 0 Å². The van der Waals surface area contributed by atoms with Crippen LogP contribution in [0, 0.1) is 5.21 Å². The minimum absolute atomic E-state index is 0.560. The summed E-state index contributed by atoms with van der Waals surface area (Å²) in [5.74, 6) is 0. The molecule has 0 N–H and O–H groups in total. The maximum Gasteiger partial charge on any atom is 0.212 e. The van der Waals surface area contributed by atoms with Crippen molar-refractivity contribution in [3.8, 4) is 0 Å². The quantitative estimate of drug-likeness (QED) is 0.494. The molecule has 0 fully saturated rings.